The zero-order valence-electron chi connectivity index (χ0n) is 14.7. The molecule has 4 heterocycles. The first-order valence-corrected chi connectivity index (χ1v) is 8.89. The van der Waals surface area contributed by atoms with E-state index in [9.17, 15) is 4.79 Å². The Labute approximate surface area is 147 Å². The molecule has 1 fully saturated rings. The van der Waals surface area contributed by atoms with Gasteiger partial charge < -0.3 is 9.47 Å². The first-order chi connectivity index (χ1) is 12.1. The Balaban J connectivity index is 1.71. The molecule has 0 N–H and O–H groups in total. The Hall–Kier alpha value is -2.63. The van der Waals surface area contributed by atoms with E-state index in [0.717, 1.165) is 37.3 Å². The second-order valence-corrected chi connectivity index (χ2v) is 6.80. The maximum atomic E-state index is 13.3. The molecule has 0 spiro atoms. The summed E-state index contributed by atoms with van der Waals surface area (Å²) in [7, 11) is 2.05. The van der Waals surface area contributed by atoms with Crippen LogP contribution >= 0.6 is 0 Å². The molecule has 0 saturated carbocycles. The van der Waals surface area contributed by atoms with E-state index in [2.05, 4.69) is 40.1 Å². The van der Waals surface area contributed by atoms with E-state index in [1.54, 1.807) is 0 Å². The monoisotopic (exact) mass is 337 g/mol. The van der Waals surface area contributed by atoms with E-state index in [1.807, 2.05) is 34.6 Å². The highest BCUT2D eigenvalue weighted by Gasteiger charge is 2.29. The minimum atomic E-state index is 0.0862. The summed E-state index contributed by atoms with van der Waals surface area (Å²) in [5, 5.41) is 8.17. The van der Waals surface area contributed by atoms with Crippen molar-refractivity contribution in [3.63, 3.8) is 0 Å². The van der Waals surface area contributed by atoms with Gasteiger partial charge in [0.05, 0.1) is 11.6 Å². The molecule has 4 rings (SSSR count). The first-order valence-electron chi connectivity index (χ1n) is 8.89. The van der Waals surface area contributed by atoms with Crippen LogP contribution in [0.2, 0.25) is 0 Å². The van der Waals surface area contributed by atoms with Gasteiger partial charge >= 0.3 is 0 Å². The van der Waals surface area contributed by atoms with Crippen LogP contribution in [0.3, 0.4) is 0 Å². The fourth-order valence-electron chi connectivity index (χ4n) is 3.78. The molecule has 0 aromatic carbocycles. The molecule has 25 heavy (non-hydrogen) atoms. The third-order valence-corrected chi connectivity index (χ3v) is 5.16. The zero-order valence-corrected chi connectivity index (χ0v) is 14.7. The molecule has 1 saturated heterocycles. The SMILES string of the molecule is Cc1nnc2ccc(C(=O)N3CCCCC[C@H]3c3cccn3C)cn12. The average molecular weight is 337 g/mol. The molecule has 6 heteroatoms. The molecule has 0 bridgehead atoms. The van der Waals surface area contributed by atoms with Gasteiger partial charge in [-0.2, -0.15) is 0 Å². The van der Waals surface area contributed by atoms with Crippen molar-refractivity contribution < 1.29 is 4.79 Å². The van der Waals surface area contributed by atoms with Gasteiger partial charge in [-0.05, 0) is 44.0 Å². The molecule has 1 aliphatic heterocycles. The topological polar surface area (TPSA) is 55.4 Å². The van der Waals surface area contributed by atoms with E-state index < -0.39 is 0 Å². The number of aryl methyl sites for hydroxylation is 2. The van der Waals surface area contributed by atoms with E-state index in [1.165, 1.54) is 12.1 Å². The highest BCUT2D eigenvalue weighted by Crippen LogP contribution is 2.31. The Kier molecular flexibility index (Phi) is 4.03. The molecular formula is C19H23N5O. The van der Waals surface area contributed by atoms with Gasteiger partial charge in [-0.1, -0.05) is 12.8 Å². The van der Waals surface area contributed by atoms with Crippen LogP contribution in [-0.4, -0.2) is 36.5 Å². The molecule has 130 valence electrons. The van der Waals surface area contributed by atoms with Gasteiger partial charge in [-0.25, -0.2) is 0 Å². The first kappa shape index (κ1) is 15.9. The lowest BCUT2D eigenvalue weighted by Crippen LogP contribution is -2.35. The summed E-state index contributed by atoms with van der Waals surface area (Å²) in [5.41, 5.74) is 2.66. The quantitative estimate of drug-likeness (QED) is 0.722. The maximum Gasteiger partial charge on any atom is 0.255 e. The minimum absolute atomic E-state index is 0.0862. The van der Waals surface area contributed by atoms with Crippen LogP contribution in [0.1, 0.15) is 53.6 Å². The van der Waals surface area contributed by atoms with Crippen LogP contribution in [0.25, 0.3) is 5.65 Å². The Morgan fingerprint density at radius 1 is 1.16 bits per heavy atom. The summed E-state index contributed by atoms with van der Waals surface area (Å²) in [5.74, 6) is 0.877. The van der Waals surface area contributed by atoms with Crippen LogP contribution in [0.4, 0.5) is 0 Å². The van der Waals surface area contributed by atoms with Crippen molar-refractivity contribution in [2.75, 3.05) is 6.54 Å². The fraction of sp³-hybridized carbons (Fsp3) is 0.421. The second-order valence-electron chi connectivity index (χ2n) is 6.80. The Morgan fingerprint density at radius 2 is 2.04 bits per heavy atom. The number of nitrogens with zero attached hydrogens (tertiary/aromatic N) is 5. The largest absolute Gasteiger partial charge is 0.353 e. The van der Waals surface area contributed by atoms with Gasteiger partial charge in [-0.3, -0.25) is 9.20 Å². The van der Waals surface area contributed by atoms with Gasteiger partial charge in [0.1, 0.15) is 5.82 Å². The molecule has 1 amide bonds. The molecular weight excluding hydrogens is 314 g/mol. The Morgan fingerprint density at radius 3 is 2.84 bits per heavy atom. The van der Waals surface area contributed by atoms with Crippen molar-refractivity contribution in [2.45, 2.75) is 38.6 Å². The van der Waals surface area contributed by atoms with Crippen LogP contribution in [-0.2, 0) is 7.05 Å². The summed E-state index contributed by atoms with van der Waals surface area (Å²) < 4.78 is 4.01. The third kappa shape index (κ3) is 2.81. The lowest BCUT2D eigenvalue weighted by molar-refractivity contribution is 0.0674. The average Bonchev–Trinajstić information content (AvgIpc) is 3.12. The van der Waals surface area contributed by atoms with Crippen LogP contribution in [0, 0.1) is 6.92 Å². The number of amides is 1. The molecule has 0 radical (unpaired) electrons. The number of rotatable bonds is 2. The molecule has 6 nitrogen and oxygen atoms in total. The number of pyridine rings is 1. The molecule has 1 aliphatic rings. The summed E-state index contributed by atoms with van der Waals surface area (Å²) in [6.45, 7) is 2.70. The normalized spacial score (nSPS) is 18.5. The van der Waals surface area contributed by atoms with Crippen LogP contribution in [0.15, 0.2) is 36.7 Å². The van der Waals surface area contributed by atoms with Gasteiger partial charge in [0.2, 0.25) is 0 Å². The lowest BCUT2D eigenvalue weighted by Gasteiger charge is -2.30. The highest BCUT2D eigenvalue weighted by molar-refractivity contribution is 5.94. The number of hydrogen-bond donors (Lipinski definition) is 0. The highest BCUT2D eigenvalue weighted by atomic mass is 16.2. The smallest absolute Gasteiger partial charge is 0.255 e. The van der Waals surface area contributed by atoms with Crippen molar-refractivity contribution >= 4 is 11.6 Å². The molecule has 0 unspecified atom stereocenters. The number of hydrogen-bond acceptors (Lipinski definition) is 3. The number of likely N-dealkylation sites (tertiary alicyclic amines) is 1. The molecule has 3 aromatic rings. The summed E-state index contributed by atoms with van der Waals surface area (Å²) in [6, 6.07) is 8.04. The van der Waals surface area contributed by atoms with Crippen molar-refractivity contribution in [1.29, 1.82) is 0 Å². The van der Waals surface area contributed by atoms with Gasteiger partial charge in [-0.15, -0.1) is 10.2 Å². The maximum absolute atomic E-state index is 13.3. The Bertz CT molecular complexity index is 910. The number of fused-ring (bicyclic) bond motifs is 1. The molecule has 0 aliphatic carbocycles. The molecule has 1 atom stereocenters. The summed E-state index contributed by atoms with van der Waals surface area (Å²) >= 11 is 0. The second kappa shape index (κ2) is 6.35. The molecule has 3 aromatic heterocycles. The minimum Gasteiger partial charge on any atom is -0.353 e. The standard InChI is InChI=1S/C19H23N5O/c1-14-20-21-18-10-9-15(13-24(14)18)19(25)23-12-5-3-4-7-17(23)16-8-6-11-22(16)2/h6,8-11,13,17H,3-5,7,12H2,1-2H3/t17-/m0/s1. The van der Waals surface area contributed by atoms with Gasteiger partial charge in [0.25, 0.3) is 5.91 Å². The van der Waals surface area contributed by atoms with E-state index in [0.29, 0.717) is 5.56 Å². The fourth-order valence-corrected chi connectivity index (χ4v) is 3.78. The number of aromatic nitrogens is 4. The summed E-state index contributed by atoms with van der Waals surface area (Å²) in [4.78, 5) is 15.4. The van der Waals surface area contributed by atoms with Gasteiger partial charge in [0, 0.05) is 31.7 Å². The number of carbonyl (C=O) groups is 1. The summed E-state index contributed by atoms with van der Waals surface area (Å²) in [6.07, 6.45) is 8.31. The van der Waals surface area contributed by atoms with Gasteiger partial charge in [0.15, 0.2) is 5.65 Å². The van der Waals surface area contributed by atoms with Crippen molar-refractivity contribution in [1.82, 2.24) is 24.1 Å². The van der Waals surface area contributed by atoms with E-state index >= 15 is 0 Å². The zero-order chi connectivity index (χ0) is 17.4. The van der Waals surface area contributed by atoms with Crippen molar-refractivity contribution in [2.24, 2.45) is 7.05 Å². The number of carbonyl (C=O) groups excluding carboxylic acids is 1. The van der Waals surface area contributed by atoms with E-state index in [4.69, 9.17) is 0 Å². The lowest BCUT2D eigenvalue weighted by atomic mass is 10.1. The van der Waals surface area contributed by atoms with Crippen LogP contribution < -0.4 is 0 Å². The predicted octanol–water partition coefficient (Wildman–Crippen LogP) is 3.13. The van der Waals surface area contributed by atoms with Crippen molar-refractivity contribution in [3.05, 3.63) is 53.7 Å². The van der Waals surface area contributed by atoms with E-state index in [-0.39, 0.29) is 11.9 Å². The third-order valence-electron chi connectivity index (χ3n) is 5.16. The van der Waals surface area contributed by atoms with Crippen molar-refractivity contribution in [3.8, 4) is 0 Å². The van der Waals surface area contributed by atoms with Crippen LogP contribution in [0.5, 0.6) is 0 Å². The predicted molar refractivity (Wildman–Crippen MR) is 95.4 cm³/mol.